The molecule has 0 spiro atoms. The van der Waals surface area contributed by atoms with Gasteiger partial charge in [-0.2, -0.15) is 0 Å². The van der Waals surface area contributed by atoms with Crippen LogP contribution in [-0.4, -0.2) is 29.0 Å². The summed E-state index contributed by atoms with van der Waals surface area (Å²) in [6, 6.07) is 1.73. The van der Waals surface area contributed by atoms with Crippen molar-refractivity contribution in [2.24, 2.45) is 11.7 Å². The second-order valence-corrected chi connectivity index (χ2v) is 3.38. The van der Waals surface area contributed by atoms with Gasteiger partial charge in [-0.3, -0.25) is 9.69 Å². The number of nitrogens with zero attached hydrogens (tertiary/aromatic N) is 3. The summed E-state index contributed by atoms with van der Waals surface area (Å²) in [5.41, 5.74) is 5.52. The van der Waals surface area contributed by atoms with E-state index in [0.717, 1.165) is 0 Å². The number of amides is 1. The van der Waals surface area contributed by atoms with E-state index in [9.17, 15) is 4.79 Å². The number of hydrogen-bond acceptors (Lipinski definition) is 4. The lowest BCUT2D eigenvalue weighted by atomic mass is 10.1. The van der Waals surface area contributed by atoms with Gasteiger partial charge in [0.2, 0.25) is 5.91 Å². The van der Waals surface area contributed by atoms with Gasteiger partial charge in [0, 0.05) is 19.2 Å². The zero-order valence-electron chi connectivity index (χ0n) is 7.76. The van der Waals surface area contributed by atoms with Crippen molar-refractivity contribution in [1.29, 1.82) is 0 Å². The molecule has 0 aromatic carbocycles. The molecule has 1 unspecified atom stereocenters. The summed E-state index contributed by atoms with van der Waals surface area (Å²) in [4.78, 5) is 21.1. The maximum absolute atomic E-state index is 11.6. The number of anilines is 1. The number of nitrogens with two attached hydrogens (primary N) is 1. The Morgan fingerprint density at radius 3 is 3.07 bits per heavy atom. The molecule has 0 radical (unpaired) electrons. The number of rotatable bonds is 2. The molecular formula is C9H12N4O. The van der Waals surface area contributed by atoms with E-state index in [-0.39, 0.29) is 11.8 Å². The van der Waals surface area contributed by atoms with Crippen LogP contribution >= 0.6 is 0 Å². The third kappa shape index (κ3) is 1.58. The highest BCUT2D eigenvalue weighted by atomic mass is 16.2. The van der Waals surface area contributed by atoms with Crippen molar-refractivity contribution < 1.29 is 4.79 Å². The van der Waals surface area contributed by atoms with Gasteiger partial charge in [0.05, 0.1) is 0 Å². The number of carbonyl (C=O) groups excluding carboxylic acids is 1. The van der Waals surface area contributed by atoms with Crippen LogP contribution in [0.25, 0.3) is 0 Å². The molecule has 2 N–H and O–H groups in total. The maximum atomic E-state index is 11.6. The highest BCUT2D eigenvalue weighted by Crippen LogP contribution is 2.21. The molecular weight excluding hydrogens is 180 g/mol. The molecule has 14 heavy (non-hydrogen) atoms. The van der Waals surface area contributed by atoms with Gasteiger partial charge in [-0.25, -0.2) is 9.97 Å². The van der Waals surface area contributed by atoms with Gasteiger partial charge in [-0.1, -0.05) is 0 Å². The van der Waals surface area contributed by atoms with Crippen LogP contribution in [0.15, 0.2) is 18.6 Å². The Labute approximate surface area is 82.0 Å². The first kappa shape index (κ1) is 9.08. The first-order valence-corrected chi connectivity index (χ1v) is 4.57. The standard InChI is InChI=1S/C9H12N4O/c10-4-7-3-9(14)13(5-7)8-1-2-11-6-12-8/h1-2,6-7H,3-5,10H2. The Kier molecular flexibility index (Phi) is 2.41. The van der Waals surface area contributed by atoms with E-state index in [2.05, 4.69) is 9.97 Å². The SMILES string of the molecule is NCC1CC(=O)N(c2ccncn2)C1. The van der Waals surface area contributed by atoms with Crippen molar-refractivity contribution in [2.45, 2.75) is 6.42 Å². The highest BCUT2D eigenvalue weighted by Gasteiger charge is 2.30. The minimum Gasteiger partial charge on any atom is -0.330 e. The maximum Gasteiger partial charge on any atom is 0.228 e. The average molecular weight is 192 g/mol. The zero-order chi connectivity index (χ0) is 9.97. The van der Waals surface area contributed by atoms with Crippen LogP contribution in [0.1, 0.15) is 6.42 Å². The molecule has 0 bridgehead atoms. The lowest BCUT2D eigenvalue weighted by Crippen LogP contribution is -2.26. The van der Waals surface area contributed by atoms with E-state index in [1.165, 1.54) is 6.33 Å². The van der Waals surface area contributed by atoms with Crippen LogP contribution in [0.5, 0.6) is 0 Å². The fraction of sp³-hybridized carbons (Fsp3) is 0.444. The third-order valence-corrected chi connectivity index (χ3v) is 2.38. The zero-order valence-corrected chi connectivity index (χ0v) is 7.76. The van der Waals surface area contributed by atoms with E-state index in [0.29, 0.717) is 25.3 Å². The Balaban J connectivity index is 2.17. The van der Waals surface area contributed by atoms with Crippen LogP contribution < -0.4 is 10.6 Å². The van der Waals surface area contributed by atoms with Crippen LogP contribution in [0.3, 0.4) is 0 Å². The fourth-order valence-electron chi connectivity index (χ4n) is 1.60. The molecule has 74 valence electrons. The summed E-state index contributed by atoms with van der Waals surface area (Å²) in [6.45, 7) is 1.22. The van der Waals surface area contributed by atoms with Gasteiger partial charge in [0.1, 0.15) is 12.1 Å². The minimum absolute atomic E-state index is 0.0964. The highest BCUT2D eigenvalue weighted by molar-refractivity contribution is 5.94. The molecule has 1 atom stereocenters. The monoisotopic (exact) mass is 192 g/mol. The molecule has 5 heteroatoms. The summed E-state index contributed by atoms with van der Waals surface area (Å²) in [5, 5.41) is 0. The van der Waals surface area contributed by atoms with Crippen molar-refractivity contribution in [3.63, 3.8) is 0 Å². The Hall–Kier alpha value is -1.49. The van der Waals surface area contributed by atoms with Gasteiger partial charge in [0.25, 0.3) is 0 Å². The first-order valence-electron chi connectivity index (χ1n) is 4.57. The quantitative estimate of drug-likeness (QED) is 0.703. The summed E-state index contributed by atoms with van der Waals surface area (Å²) < 4.78 is 0. The van der Waals surface area contributed by atoms with Crippen molar-refractivity contribution in [3.8, 4) is 0 Å². The van der Waals surface area contributed by atoms with Gasteiger partial charge in [-0.15, -0.1) is 0 Å². The van der Waals surface area contributed by atoms with Crippen molar-refractivity contribution in [3.05, 3.63) is 18.6 Å². The number of carbonyl (C=O) groups is 1. The topological polar surface area (TPSA) is 72.1 Å². The minimum atomic E-state index is 0.0964. The lowest BCUT2D eigenvalue weighted by molar-refractivity contribution is -0.117. The van der Waals surface area contributed by atoms with E-state index >= 15 is 0 Å². The lowest BCUT2D eigenvalue weighted by Gasteiger charge is -2.14. The molecule has 2 heterocycles. The number of aromatic nitrogens is 2. The molecule has 0 aliphatic carbocycles. The van der Waals surface area contributed by atoms with E-state index in [4.69, 9.17) is 5.73 Å². The average Bonchev–Trinajstić information content (AvgIpc) is 2.61. The van der Waals surface area contributed by atoms with E-state index in [1.807, 2.05) is 0 Å². The first-order chi connectivity index (χ1) is 6.81. The van der Waals surface area contributed by atoms with E-state index in [1.54, 1.807) is 17.2 Å². The summed E-state index contributed by atoms with van der Waals surface area (Å²) in [5.74, 6) is 1.03. The van der Waals surface area contributed by atoms with Gasteiger partial charge >= 0.3 is 0 Å². The predicted octanol–water partition coefficient (Wildman–Crippen LogP) is -0.212. The Morgan fingerprint density at radius 2 is 2.50 bits per heavy atom. The van der Waals surface area contributed by atoms with Gasteiger partial charge in [0.15, 0.2) is 0 Å². The molecule has 0 saturated carbocycles. The fourth-order valence-corrected chi connectivity index (χ4v) is 1.60. The predicted molar refractivity (Wildman–Crippen MR) is 51.5 cm³/mol. The van der Waals surface area contributed by atoms with Gasteiger partial charge < -0.3 is 5.73 Å². The molecule has 1 fully saturated rings. The summed E-state index contributed by atoms with van der Waals surface area (Å²) in [7, 11) is 0. The van der Waals surface area contributed by atoms with Crippen LogP contribution in [-0.2, 0) is 4.79 Å². The van der Waals surface area contributed by atoms with E-state index < -0.39 is 0 Å². The van der Waals surface area contributed by atoms with Gasteiger partial charge in [-0.05, 0) is 18.5 Å². The van der Waals surface area contributed by atoms with Crippen LogP contribution in [0.2, 0.25) is 0 Å². The molecule has 1 aromatic rings. The second kappa shape index (κ2) is 3.71. The van der Waals surface area contributed by atoms with Crippen molar-refractivity contribution >= 4 is 11.7 Å². The smallest absolute Gasteiger partial charge is 0.228 e. The van der Waals surface area contributed by atoms with Crippen LogP contribution in [0, 0.1) is 5.92 Å². The molecule has 1 aromatic heterocycles. The normalized spacial score (nSPS) is 21.6. The second-order valence-electron chi connectivity index (χ2n) is 3.38. The summed E-state index contributed by atoms with van der Waals surface area (Å²) >= 11 is 0. The Morgan fingerprint density at radius 1 is 1.64 bits per heavy atom. The molecule has 5 nitrogen and oxygen atoms in total. The Bertz CT molecular complexity index is 327. The third-order valence-electron chi connectivity index (χ3n) is 2.38. The molecule has 1 aliphatic heterocycles. The molecule has 1 aliphatic rings. The molecule has 1 saturated heterocycles. The largest absolute Gasteiger partial charge is 0.330 e. The number of hydrogen-bond donors (Lipinski definition) is 1. The van der Waals surface area contributed by atoms with Crippen molar-refractivity contribution in [1.82, 2.24) is 9.97 Å². The molecule has 1 amide bonds. The summed E-state index contributed by atoms with van der Waals surface area (Å²) in [6.07, 6.45) is 3.60. The van der Waals surface area contributed by atoms with Crippen LogP contribution in [0.4, 0.5) is 5.82 Å². The van der Waals surface area contributed by atoms with Crippen molar-refractivity contribution in [2.75, 3.05) is 18.0 Å². The molecule has 2 rings (SSSR count).